The molecule has 4 heavy (non-hydrogen) atoms. The van der Waals surface area contributed by atoms with Gasteiger partial charge in [-0.05, 0) is 0 Å². The number of rotatable bonds is 0. The van der Waals surface area contributed by atoms with E-state index >= 15 is 0 Å². The van der Waals surface area contributed by atoms with Crippen molar-refractivity contribution in [3.8, 4) is 0 Å². The molecule has 0 bridgehead atoms. The Labute approximate surface area is 78.4 Å². The van der Waals surface area contributed by atoms with E-state index in [1.165, 1.54) is 0 Å². The Morgan fingerprint density at radius 1 is 1.00 bits per heavy atom. The van der Waals surface area contributed by atoms with Crippen LogP contribution in [0.5, 0.6) is 0 Å². The molecule has 0 spiro atoms. The van der Waals surface area contributed by atoms with Crippen molar-refractivity contribution in [2.24, 2.45) is 0 Å². The van der Waals surface area contributed by atoms with Gasteiger partial charge in [-0.25, -0.2) is 0 Å². The molecule has 0 amide bonds. The summed E-state index contributed by atoms with van der Waals surface area (Å²) in [5.41, 5.74) is 0. The van der Waals surface area contributed by atoms with Gasteiger partial charge in [0.25, 0.3) is 0 Å². The maximum Gasteiger partial charge on any atom is 0 e. The first kappa shape index (κ1) is 33.1. The number of hydrogen-bond acceptors (Lipinski definition) is 0. The molecule has 0 fully saturated rings. The average molecular weight is 112 g/mol. The van der Waals surface area contributed by atoms with Crippen LogP contribution >= 0.6 is 13.5 Å². The van der Waals surface area contributed by atoms with E-state index in [-0.39, 0.29) is 79.8 Å². The number of hydrogen-bond donors (Lipinski definition) is 0. The molecule has 16 valence electrons. The molecule has 0 aromatic heterocycles. The van der Waals surface area contributed by atoms with Crippen molar-refractivity contribution in [2.45, 2.75) is 0 Å². The molecule has 0 aliphatic heterocycles. The molecule has 0 aliphatic rings. The van der Waals surface area contributed by atoms with Crippen LogP contribution in [0.1, 0.15) is 0 Å². The maximum absolute atomic E-state index is 0. The fourth-order valence-electron chi connectivity index (χ4n) is 0. The van der Waals surface area contributed by atoms with Crippen LogP contribution in [0.15, 0.2) is 0 Å². The molecule has 0 aromatic rings. The fraction of sp³-hybridized carbons (Fsp3) is 0. The van der Waals surface area contributed by atoms with Crippen molar-refractivity contribution in [3.63, 3.8) is 0 Å². The van der Waals surface area contributed by atoms with Crippen molar-refractivity contribution in [2.75, 3.05) is 0 Å². The molecule has 8 radical (unpaired) electrons. The molecule has 0 rings (SSSR count). The van der Waals surface area contributed by atoms with Gasteiger partial charge in [-0.3, -0.25) is 0 Å². The van der Waals surface area contributed by atoms with E-state index in [2.05, 4.69) is 0 Å². The van der Waals surface area contributed by atoms with E-state index in [0.717, 1.165) is 0 Å². The third kappa shape index (κ3) is 8.84. The molecule has 0 saturated carbocycles. The SMILES string of the molecule is [Ca].[Mg].[O].[S]. The predicted molar refractivity (Wildman–Crippen MR) is 19.8 cm³/mol. The molecule has 4 heteroatoms. The summed E-state index contributed by atoms with van der Waals surface area (Å²) in [4.78, 5) is 0. The first-order chi connectivity index (χ1) is 0. The van der Waals surface area contributed by atoms with E-state index in [1.807, 2.05) is 0 Å². The molecule has 0 aliphatic carbocycles. The Morgan fingerprint density at radius 2 is 1.00 bits per heavy atom. The summed E-state index contributed by atoms with van der Waals surface area (Å²) in [6, 6.07) is 0. The van der Waals surface area contributed by atoms with Gasteiger partial charge in [-0.1, -0.05) is 0 Å². The summed E-state index contributed by atoms with van der Waals surface area (Å²) >= 11 is 0. The molecular formula is CaMgOS. The summed E-state index contributed by atoms with van der Waals surface area (Å²) in [5, 5.41) is 0. The van der Waals surface area contributed by atoms with Gasteiger partial charge in [0.2, 0.25) is 0 Å². The van der Waals surface area contributed by atoms with Gasteiger partial charge in [0.15, 0.2) is 0 Å². The van der Waals surface area contributed by atoms with Crippen molar-refractivity contribution < 1.29 is 5.48 Å². The van der Waals surface area contributed by atoms with E-state index in [4.69, 9.17) is 0 Å². The third-order valence-electron chi connectivity index (χ3n) is 0. The summed E-state index contributed by atoms with van der Waals surface area (Å²) in [5.74, 6) is 0. The van der Waals surface area contributed by atoms with Gasteiger partial charge in [0.05, 0.1) is 0 Å². The second-order valence-electron chi connectivity index (χ2n) is 0. The largest absolute Gasteiger partial charge is 0 e. The second-order valence-corrected chi connectivity index (χ2v) is 0. The second kappa shape index (κ2) is 18.4. The van der Waals surface area contributed by atoms with Crippen LogP contribution in [0.3, 0.4) is 0 Å². The van der Waals surface area contributed by atoms with E-state index in [9.17, 15) is 0 Å². The first-order valence-electron chi connectivity index (χ1n) is 0. The van der Waals surface area contributed by atoms with Crippen LogP contribution in [0.4, 0.5) is 0 Å². The summed E-state index contributed by atoms with van der Waals surface area (Å²) in [7, 11) is 0. The predicted octanol–water partition coefficient (Wildman–Crippen LogP) is -0.232. The minimum atomic E-state index is 0. The van der Waals surface area contributed by atoms with Crippen LogP contribution in [0.25, 0.3) is 0 Å². The summed E-state index contributed by atoms with van der Waals surface area (Å²) in [6.07, 6.45) is 0. The zero-order valence-corrected chi connectivity index (χ0v) is 6.67. The summed E-state index contributed by atoms with van der Waals surface area (Å²) < 4.78 is 0. The Hall–Kier alpha value is 2.34. The molecular weight excluding hydrogens is 112 g/mol. The van der Waals surface area contributed by atoms with Crippen LogP contribution < -0.4 is 0 Å². The van der Waals surface area contributed by atoms with Crippen LogP contribution in [0.2, 0.25) is 0 Å². The van der Waals surface area contributed by atoms with Crippen molar-refractivity contribution >= 4 is 74.3 Å². The topological polar surface area (TPSA) is 28.5 Å². The van der Waals surface area contributed by atoms with Gasteiger partial charge >= 0.3 is 0 Å². The van der Waals surface area contributed by atoms with Gasteiger partial charge in [-0.2, -0.15) is 0 Å². The zero-order valence-electron chi connectivity index (χ0n) is 2.23. The molecule has 1 nitrogen and oxygen atoms in total. The minimum absolute atomic E-state index is 0. The Kier molecular flexibility index (Phi) is 152. The van der Waals surface area contributed by atoms with E-state index in [0.29, 0.717) is 0 Å². The molecule has 0 atom stereocenters. The van der Waals surface area contributed by atoms with Gasteiger partial charge in [0.1, 0.15) is 0 Å². The van der Waals surface area contributed by atoms with Crippen molar-refractivity contribution in [3.05, 3.63) is 0 Å². The minimum Gasteiger partial charge on any atom is 0 e. The van der Waals surface area contributed by atoms with E-state index in [1.54, 1.807) is 0 Å². The van der Waals surface area contributed by atoms with Crippen molar-refractivity contribution in [1.82, 2.24) is 0 Å². The maximum atomic E-state index is 0. The first-order valence-corrected chi connectivity index (χ1v) is 0. The quantitative estimate of drug-likeness (QED) is 0.387. The summed E-state index contributed by atoms with van der Waals surface area (Å²) in [6.45, 7) is 0. The van der Waals surface area contributed by atoms with Crippen molar-refractivity contribution in [1.29, 1.82) is 0 Å². The zero-order chi connectivity index (χ0) is 0. The fourth-order valence-corrected chi connectivity index (χ4v) is 0. The third-order valence-corrected chi connectivity index (χ3v) is 0. The van der Waals surface area contributed by atoms with Gasteiger partial charge in [-0.15, -0.1) is 0 Å². The normalized spacial score (nSPS) is 0. The Balaban J connectivity index is 0. The average Bonchev–Trinajstić information content (AvgIpc) is 0. The molecule has 0 aromatic carbocycles. The molecule has 0 heterocycles. The Morgan fingerprint density at radius 3 is 1.00 bits per heavy atom. The Bertz CT molecular complexity index is 8.00. The van der Waals surface area contributed by atoms with E-state index < -0.39 is 0 Å². The van der Waals surface area contributed by atoms with Gasteiger partial charge in [0, 0.05) is 79.8 Å². The molecule has 0 N–H and O–H groups in total. The monoisotopic (exact) mass is 112 g/mol. The smallest absolute Gasteiger partial charge is 0 e. The van der Waals surface area contributed by atoms with Crippen LogP contribution in [-0.2, 0) is 5.48 Å². The van der Waals surface area contributed by atoms with Crippen LogP contribution in [0, 0.1) is 0 Å². The standard InChI is InChI=1S/Ca.Mg.O.S. The molecule has 0 unspecified atom stereocenters. The molecule has 0 saturated heterocycles. The van der Waals surface area contributed by atoms with Gasteiger partial charge < -0.3 is 0 Å². The van der Waals surface area contributed by atoms with Crippen LogP contribution in [-0.4, -0.2) is 60.8 Å².